The van der Waals surface area contributed by atoms with Gasteiger partial charge >= 0.3 is 0 Å². The molecule has 3 rings (SSSR count). The number of carbonyl (C=O) groups excluding carboxylic acids is 1. The molecule has 1 N–H and O–H groups in total. The average Bonchev–Trinajstić information content (AvgIpc) is 3.10. The molecule has 0 bridgehead atoms. The number of nitrogens with one attached hydrogen (secondary N) is 1. The number of aromatic nitrogens is 4. The maximum Gasteiger partial charge on any atom is 0.269 e. The third-order valence-electron chi connectivity index (χ3n) is 3.71. The van der Waals surface area contributed by atoms with Gasteiger partial charge in [0, 0.05) is 17.8 Å². The highest BCUT2D eigenvalue weighted by Gasteiger charge is 2.14. The van der Waals surface area contributed by atoms with Crippen molar-refractivity contribution in [2.45, 2.75) is 19.0 Å². The summed E-state index contributed by atoms with van der Waals surface area (Å²) in [5.41, 5.74) is 3.02. The zero-order chi connectivity index (χ0) is 19.4. The summed E-state index contributed by atoms with van der Waals surface area (Å²) in [6.45, 7) is 3.68. The molecule has 138 valence electrons. The molecule has 1 heterocycles. The van der Waals surface area contributed by atoms with Crippen molar-refractivity contribution in [1.82, 2.24) is 20.2 Å². The minimum Gasteiger partial charge on any atom is -0.325 e. The second-order valence-corrected chi connectivity index (χ2v) is 6.75. The normalized spacial score (nSPS) is 10.6. The van der Waals surface area contributed by atoms with Crippen LogP contribution in [-0.2, 0) is 4.79 Å². The van der Waals surface area contributed by atoms with E-state index >= 15 is 0 Å². The Labute approximate surface area is 158 Å². The van der Waals surface area contributed by atoms with Gasteiger partial charge in [-0.2, -0.15) is 4.68 Å². The number of carbonyl (C=O) groups is 1. The van der Waals surface area contributed by atoms with Crippen LogP contribution in [0.5, 0.6) is 0 Å². The lowest BCUT2D eigenvalue weighted by Gasteiger charge is -2.08. The Kier molecular flexibility index (Phi) is 5.46. The number of tetrazole rings is 1. The number of hydrogen-bond acceptors (Lipinski definition) is 7. The molecule has 0 radical (unpaired) electrons. The second kappa shape index (κ2) is 7.96. The van der Waals surface area contributed by atoms with Gasteiger partial charge in [-0.15, -0.1) is 5.10 Å². The van der Waals surface area contributed by atoms with Gasteiger partial charge < -0.3 is 5.32 Å². The summed E-state index contributed by atoms with van der Waals surface area (Å²) in [4.78, 5) is 22.5. The van der Waals surface area contributed by atoms with Gasteiger partial charge in [-0.25, -0.2) is 0 Å². The minimum absolute atomic E-state index is 0.0165. The van der Waals surface area contributed by atoms with Gasteiger partial charge in [0.25, 0.3) is 5.69 Å². The summed E-state index contributed by atoms with van der Waals surface area (Å²) < 4.78 is 1.57. The van der Waals surface area contributed by atoms with E-state index < -0.39 is 4.92 Å². The van der Waals surface area contributed by atoms with E-state index in [9.17, 15) is 14.9 Å². The van der Waals surface area contributed by atoms with E-state index in [2.05, 4.69) is 20.8 Å². The summed E-state index contributed by atoms with van der Waals surface area (Å²) in [6.07, 6.45) is 0. The van der Waals surface area contributed by atoms with E-state index in [4.69, 9.17) is 0 Å². The predicted octanol–water partition coefficient (Wildman–Crippen LogP) is 2.92. The number of anilines is 1. The summed E-state index contributed by atoms with van der Waals surface area (Å²) in [6, 6.07) is 12.0. The third-order valence-corrected chi connectivity index (χ3v) is 4.63. The molecule has 0 aliphatic heterocycles. The number of nitrogens with zero attached hydrogens (tertiary/aromatic N) is 5. The van der Waals surface area contributed by atoms with Crippen molar-refractivity contribution in [3.63, 3.8) is 0 Å². The van der Waals surface area contributed by atoms with Crippen LogP contribution in [0.2, 0.25) is 0 Å². The Hall–Kier alpha value is -3.27. The van der Waals surface area contributed by atoms with Crippen molar-refractivity contribution in [2.24, 2.45) is 0 Å². The lowest BCUT2D eigenvalue weighted by Crippen LogP contribution is -2.15. The number of non-ortho nitro benzene ring substituents is 1. The maximum absolute atomic E-state index is 12.2. The minimum atomic E-state index is -0.473. The molecule has 0 aliphatic carbocycles. The average molecular weight is 384 g/mol. The standard InChI is InChI=1S/C17H16N6O3S/c1-11-4-3-5-13(8-11)22-17(19-20-21-22)27-10-16(24)18-15-7-6-14(23(25)26)9-12(15)2/h3-9H,10H2,1-2H3,(H,18,24). The Morgan fingerprint density at radius 2 is 2.07 bits per heavy atom. The van der Waals surface area contributed by atoms with Gasteiger partial charge in [0.15, 0.2) is 0 Å². The number of benzene rings is 2. The number of hydrogen-bond donors (Lipinski definition) is 1. The highest BCUT2D eigenvalue weighted by Crippen LogP contribution is 2.22. The first-order chi connectivity index (χ1) is 12.9. The predicted molar refractivity (Wildman–Crippen MR) is 101 cm³/mol. The van der Waals surface area contributed by atoms with Crippen molar-refractivity contribution in [3.8, 4) is 5.69 Å². The number of aryl methyl sites for hydroxylation is 2. The van der Waals surface area contributed by atoms with Crippen LogP contribution in [0.3, 0.4) is 0 Å². The fourth-order valence-corrected chi connectivity index (χ4v) is 3.10. The first-order valence-electron chi connectivity index (χ1n) is 7.97. The Balaban J connectivity index is 1.65. The van der Waals surface area contributed by atoms with Gasteiger partial charge in [0.2, 0.25) is 11.1 Å². The topological polar surface area (TPSA) is 116 Å². The molecule has 9 nitrogen and oxygen atoms in total. The molecule has 0 saturated heterocycles. The van der Waals surface area contributed by atoms with E-state index in [1.807, 2.05) is 31.2 Å². The number of nitro benzene ring substituents is 1. The summed E-state index contributed by atoms with van der Waals surface area (Å²) in [7, 11) is 0. The Bertz CT molecular complexity index is 1000. The molecule has 0 fully saturated rings. The van der Waals surface area contributed by atoms with Crippen LogP contribution in [0.25, 0.3) is 5.69 Å². The molecular formula is C17H16N6O3S. The zero-order valence-electron chi connectivity index (χ0n) is 14.6. The van der Waals surface area contributed by atoms with E-state index in [0.717, 1.165) is 11.3 Å². The van der Waals surface area contributed by atoms with E-state index in [1.54, 1.807) is 11.6 Å². The molecular weight excluding hydrogens is 368 g/mol. The molecule has 0 saturated carbocycles. The van der Waals surface area contributed by atoms with Crippen LogP contribution in [0, 0.1) is 24.0 Å². The fraction of sp³-hybridized carbons (Fsp3) is 0.176. The number of rotatable bonds is 6. The first-order valence-corrected chi connectivity index (χ1v) is 8.96. The number of thioether (sulfide) groups is 1. The lowest BCUT2D eigenvalue weighted by molar-refractivity contribution is -0.384. The van der Waals surface area contributed by atoms with E-state index in [-0.39, 0.29) is 17.3 Å². The van der Waals surface area contributed by atoms with Gasteiger partial charge in [0.1, 0.15) is 0 Å². The quantitative estimate of drug-likeness (QED) is 0.394. The highest BCUT2D eigenvalue weighted by atomic mass is 32.2. The van der Waals surface area contributed by atoms with Gasteiger partial charge in [0.05, 0.1) is 16.4 Å². The molecule has 3 aromatic rings. The van der Waals surface area contributed by atoms with Crippen molar-refractivity contribution in [1.29, 1.82) is 0 Å². The molecule has 0 aliphatic rings. The Morgan fingerprint density at radius 1 is 1.26 bits per heavy atom. The van der Waals surface area contributed by atoms with Crippen LogP contribution in [0.1, 0.15) is 11.1 Å². The van der Waals surface area contributed by atoms with E-state index in [1.165, 1.54) is 30.0 Å². The molecule has 27 heavy (non-hydrogen) atoms. The molecule has 10 heteroatoms. The number of amides is 1. The van der Waals surface area contributed by atoms with Crippen LogP contribution in [0.4, 0.5) is 11.4 Å². The van der Waals surface area contributed by atoms with Crippen molar-refractivity contribution >= 4 is 29.0 Å². The van der Waals surface area contributed by atoms with Crippen molar-refractivity contribution in [3.05, 3.63) is 63.7 Å². The molecule has 0 spiro atoms. The molecule has 0 atom stereocenters. The van der Waals surface area contributed by atoms with Crippen LogP contribution < -0.4 is 5.32 Å². The van der Waals surface area contributed by atoms with Crippen LogP contribution in [-0.4, -0.2) is 36.8 Å². The molecule has 0 unspecified atom stereocenters. The number of nitro groups is 1. The molecule has 1 aromatic heterocycles. The Morgan fingerprint density at radius 3 is 2.78 bits per heavy atom. The summed E-state index contributed by atoms with van der Waals surface area (Å²) in [5.74, 6) is -0.154. The van der Waals surface area contributed by atoms with Crippen LogP contribution >= 0.6 is 11.8 Å². The summed E-state index contributed by atoms with van der Waals surface area (Å²) >= 11 is 1.20. The van der Waals surface area contributed by atoms with Crippen molar-refractivity contribution in [2.75, 3.05) is 11.1 Å². The van der Waals surface area contributed by atoms with Crippen LogP contribution in [0.15, 0.2) is 47.6 Å². The third kappa shape index (κ3) is 4.47. The van der Waals surface area contributed by atoms with Gasteiger partial charge in [-0.3, -0.25) is 14.9 Å². The van der Waals surface area contributed by atoms with Gasteiger partial charge in [-0.1, -0.05) is 23.9 Å². The SMILES string of the molecule is Cc1cccc(-n2nnnc2SCC(=O)Nc2ccc([N+](=O)[O-])cc2C)c1. The monoisotopic (exact) mass is 384 g/mol. The maximum atomic E-state index is 12.2. The summed E-state index contributed by atoms with van der Waals surface area (Å²) in [5, 5.41) is 25.6. The van der Waals surface area contributed by atoms with Crippen molar-refractivity contribution < 1.29 is 9.72 Å². The highest BCUT2D eigenvalue weighted by molar-refractivity contribution is 7.99. The fourth-order valence-electron chi connectivity index (χ4n) is 2.41. The largest absolute Gasteiger partial charge is 0.325 e. The first kappa shape index (κ1) is 18.5. The molecule has 1 amide bonds. The zero-order valence-corrected chi connectivity index (χ0v) is 15.4. The smallest absolute Gasteiger partial charge is 0.269 e. The lowest BCUT2D eigenvalue weighted by atomic mass is 10.2. The van der Waals surface area contributed by atoms with Gasteiger partial charge in [-0.05, 0) is 53.6 Å². The molecule has 2 aromatic carbocycles. The second-order valence-electron chi connectivity index (χ2n) is 5.81. The van der Waals surface area contributed by atoms with E-state index in [0.29, 0.717) is 16.4 Å².